The van der Waals surface area contributed by atoms with Gasteiger partial charge in [-0.1, -0.05) is 6.92 Å². The van der Waals surface area contributed by atoms with Crippen molar-refractivity contribution in [2.75, 3.05) is 26.2 Å². The number of hydrogen-bond donors (Lipinski definition) is 2. The Labute approximate surface area is 117 Å². The maximum absolute atomic E-state index is 13.9. The smallest absolute Gasteiger partial charge is 0.128 e. The lowest BCUT2D eigenvalue weighted by atomic mass is 9.99. The zero-order valence-corrected chi connectivity index (χ0v) is 11.6. The fraction of sp³-hybridized carbons (Fsp3) is 0.571. The van der Waals surface area contributed by atoms with Gasteiger partial charge in [-0.2, -0.15) is 0 Å². The normalized spacial score (nSPS) is 21.9. The first kappa shape index (κ1) is 15.3. The molecule has 0 radical (unpaired) electrons. The van der Waals surface area contributed by atoms with Crippen LogP contribution in [0.1, 0.15) is 24.9 Å². The number of halogens is 2. The Balaban J connectivity index is 2.16. The number of benzene rings is 1. The summed E-state index contributed by atoms with van der Waals surface area (Å²) in [5.41, 5.74) is 2.76. The molecule has 1 aromatic rings. The highest BCUT2D eigenvalue weighted by Gasteiger charge is 2.30. The largest absolute Gasteiger partial charge is 0.374 e. The summed E-state index contributed by atoms with van der Waals surface area (Å²) in [5, 5.41) is 0. The minimum Gasteiger partial charge on any atom is -0.374 e. The van der Waals surface area contributed by atoms with Crippen LogP contribution in [0.15, 0.2) is 18.2 Å². The third-order valence-corrected chi connectivity index (χ3v) is 3.56. The lowest BCUT2D eigenvalue weighted by Gasteiger charge is -2.36. The van der Waals surface area contributed by atoms with Crippen LogP contribution in [0.4, 0.5) is 8.78 Å². The summed E-state index contributed by atoms with van der Waals surface area (Å²) in [6.45, 7) is 5.14. The molecule has 0 aliphatic carbocycles. The zero-order chi connectivity index (χ0) is 14.5. The summed E-state index contributed by atoms with van der Waals surface area (Å²) in [5.74, 6) is 4.57. The van der Waals surface area contributed by atoms with Crippen molar-refractivity contribution in [1.82, 2.24) is 10.3 Å². The highest BCUT2D eigenvalue weighted by molar-refractivity contribution is 5.23. The molecule has 2 rings (SSSR count). The first-order valence-electron chi connectivity index (χ1n) is 6.90. The van der Waals surface area contributed by atoms with Crippen molar-refractivity contribution < 1.29 is 13.5 Å². The number of rotatable bonds is 5. The molecular weight excluding hydrogens is 264 g/mol. The maximum Gasteiger partial charge on any atom is 0.128 e. The Morgan fingerprint density at radius 1 is 1.50 bits per heavy atom. The lowest BCUT2D eigenvalue weighted by molar-refractivity contribution is -0.0476. The minimum absolute atomic E-state index is 0.204. The van der Waals surface area contributed by atoms with E-state index in [2.05, 4.69) is 17.2 Å². The molecule has 1 saturated heterocycles. The number of hydrazine groups is 1. The van der Waals surface area contributed by atoms with Crippen molar-refractivity contribution in [3.8, 4) is 0 Å². The van der Waals surface area contributed by atoms with Gasteiger partial charge in [0.25, 0.3) is 0 Å². The zero-order valence-electron chi connectivity index (χ0n) is 11.6. The van der Waals surface area contributed by atoms with Gasteiger partial charge in [-0.15, -0.1) is 0 Å². The van der Waals surface area contributed by atoms with E-state index < -0.39 is 17.7 Å². The van der Waals surface area contributed by atoms with Crippen LogP contribution in [-0.2, 0) is 4.74 Å². The predicted molar refractivity (Wildman–Crippen MR) is 72.9 cm³/mol. The third-order valence-electron chi connectivity index (χ3n) is 3.56. The van der Waals surface area contributed by atoms with E-state index in [0.29, 0.717) is 13.2 Å². The summed E-state index contributed by atoms with van der Waals surface area (Å²) in [7, 11) is 0. The summed E-state index contributed by atoms with van der Waals surface area (Å²) in [4.78, 5) is 2.25. The van der Waals surface area contributed by atoms with E-state index in [1.807, 2.05) is 0 Å². The molecule has 1 aromatic carbocycles. The van der Waals surface area contributed by atoms with Crippen molar-refractivity contribution in [3.63, 3.8) is 0 Å². The molecular formula is C14H21F2N3O. The second-order valence-corrected chi connectivity index (χ2v) is 5.02. The fourth-order valence-corrected chi connectivity index (χ4v) is 2.60. The molecule has 1 heterocycles. The van der Waals surface area contributed by atoms with Gasteiger partial charge in [-0.25, -0.2) is 8.78 Å². The van der Waals surface area contributed by atoms with Crippen LogP contribution >= 0.6 is 0 Å². The molecule has 0 spiro atoms. The van der Waals surface area contributed by atoms with E-state index in [0.717, 1.165) is 31.6 Å². The quantitative estimate of drug-likeness (QED) is 0.637. The topological polar surface area (TPSA) is 50.5 Å². The van der Waals surface area contributed by atoms with E-state index >= 15 is 0 Å². The molecule has 1 aliphatic rings. The highest BCUT2D eigenvalue weighted by atomic mass is 19.1. The van der Waals surface area contributed by atoms with E-state index in [9.17, 15) is 8.78 Å². The van der Waals surface area contributed by atoms with E-state index in [4.69, 9.17) is 10.6 Å². The number of nitrogens with zero attached hydrogens (tertiary/aromatic N) is 1. The van der Waals surface area contributed by atoms with Crippen molar-refractivity contribution >= 4 is 0 Å². The van der Waals surface area contributed by atoms with Gasteiger partial charge >= 0.3 is 0 Å². The molecule has 0 amide bonds. The molecule has 1 fully saturated rings. The predicted octanol–water partition coefficient (Wildman–Crippen LogP) is 1.58. The van der Waals surface area contributed by atoms with Crippen molar-refractivity contribution in [1.29, 1.82) is 0 Å². The first-order chi connectivity index (χ1) is 9.65. The fourth-order valence-electron chi connectivity index (χ4n) is 2.60. The number of nitrogens with one attached hydrogen (secondary N) is 1. The molecule has 112 valence electrons. The SMILES string of the molecule is CCCN1CCOC(C(NN)c2cc(F)ccc2F)C1. The molecule has 3 N–H and O–H groups in total. The molecule has 4 nitrogen and oxygen atoms in total. The molecule has 2 unspecified atom stereocenters. The van der Waals surface area contributed by atoms with Crippen molar-refractivity contribution in [2.24, 2.45) is 5.84 Å². The summed E-state index contributed by atoms with van der Waals surface area (Å²) < 4.78 is 32.9. The van der Waals surface area contributed by atoms with Gasteiger partial charge in [0.05, 0.1) is 18.8 Å². The van der Waals surface area contributed by atoms with Gasteiger partial charge in [0.1, 0.15) is 11.6 Å². The second kappa shape index (κ2) is 7.08. The number of ether oxygens (including phenoxy) is 1. The average molecular weight is 285 g/mol. The van der Waals surface area contributed by atoms with Crippen LogP contribution in [0, 0.1) is 11.6 Å². The Bertz CT molecular complexity index is 442. The maximum atomic E-state index is 13.9. The summed E-state index contributed by atoms with van der Waals surface area (Å²) >= 11 is 0. The number of nitrogens with two attached hydrogens (primary N) is 1. The molecule has 2 atom stereocenters. The summed E-state index contributed by atoms with van der Waals surface area (Å²) in [6, 6.07) is 2.81. The van der Waals surface area contributed by atoms with Crippen LogP contribution in [0.5, 0.6) is 0 Å². The lowest BCUT2D eigenvalue weighted by Crippen LogP contribution is -2.49. The van der Waals surface area contributed by atoms with E-state index in [-0.39, 0.29) is 11.7 Å². The second-order valence-electron chi connectivity index (χ2n) is 5.02. The van der Waals surface area contributed by atoms with Gasteiger partial charge < -0.3 is 4.74 Å². The number of morpholine rings is 1. The van der Waals surface area contributed by atoms with Gasteiger partial charge in [0.2, 0.25) is 0 Å². The van der Waals surface area contributed by atoms with E-state index in [1.54, 1.807) is 0 Å². The van der Waals surface area contributed by atoms with Crippen molar-refractivity contribution in [3.05, 3.63) is 35.4 Å². The average Bonchev–Trinajstić information content (AvgIpc) is 2.44. The van der Waals surface area contributed by atoms with Crippen LogP contribution in [0.3, 0.4) is 0 Å². The van der Waals surface area contributed by atoms with Crippen LogP contribution in [0.25, 0.3) is 0 Å². The van der Waals surface area contributed by atoms with E-state index in [1.165, 1.54) is 6.07 Å². The minimum atomic E-state index is -0.564. The Morgan fingerprint density at radius 3 is 3.00 bits per heavy atom. The Hall–Kier alpha value is -1.08. The van der Waals surface area contributed by atoms with Crippen LogP contribution in [-0.4, -0.2) is 37.2 Å². The van der Waals surface area contributed by atoms with Gasteiger partial charge in [-0.05, 0) is 31.2 Å². The standard InChI is InChI=1S/C14H21F2N3O/c1-2-5-19-6-7-20-13(9-19)14(18-17)11-8-10(15)3-4-12(11)16/h3-4,8,13-14,18H,2,5-7,9,17H2,1H3. The first-order valence-corrected chi connectivity index (χ1v) is 6.90. The molecule has 0 aromatic heterocycles. The molecule has 0 saturated carbocycles. The Kier molecular flexibility index (Phi) is 5.42. The van der Waals surface area contributed by atoms with Crippen LogP contribution in [0.2, 0.25) is 0 Å². The molecule has 6 heteroatoms. The third kappa shape index (κ3) is 3.52. The van der Waals surface area contributed by atoms with Crippen LogP contribution < -0.4 is 11.3 Å². The molecule has 1 aliphatic heterocycles. The number of hydrogen-bond acceptors (Lipinski definition) is 4. The molecule has 0 bridgehead atoms. The van der Waals surface area contributed by atoms with Gasteiger partial charge in [0, 0.05) is 18.7 Å². The molecule has 20 heavy (non-hydrogen) atoms. The monoisotopic (exact) mass is 285 g/mol. The van der Waals surface area contributed by atoms with Gasteiger partial charge in [0.15, 0.2) is 0 Å². The summed E-state index contributed by atoms with van der Waals surface area (Å²) in [6.07, 6.45) is 0.749. The van der Waals surface area contributed by atoms with Gasteiger partial charge in [-0.3, -0.25) is 16.2 Å². The van der Waals surface area contributed by atoms with Crippen molar-refractivity contribution in [2.45, 2.75) is 25.5 Å². The highest BCUT2D eigenvalue weighted by Crippen LogP contribution is 2.25. The Morgan fingerprint density at radius 2 is 2.30 bits per heavy atom.